The molecular weight excluding hydrogens is 312 g/mol. The van der Waals surface area contributed by atoms with E-state index in [1.54, 1.807) is 30.5 Å². The first-order valence-electron chi connectivity index (χ1n) is 7.44. The van der Waals surface area contributed by atoms with Crippen molar-refractivity contribution < 1.29 is 19.5 Å². The van der Waals surface area contributed by atoms with E-state index in [-0.39, 0.29) is 24.4 Å². The number of amides is 2. The zero-order valence-corrected chi connectivity index (χ0v) is 12.9. The maximum atomic E-state index is 12.0. The van der Waals surface area contributed by atoms with Crippen LogP contribution in [0.3, 0.4) is 0 Å². The fourth-order valence-corrected chi connectivity index (χ4v) is 2.14. The number of aliphatic carboxylic acids is 1. The van der Waals surface area contributed by atoms with Gasteiger partial charge < -0.3 is 16.2 Å². The second-order valence-electron chi connectivity index (χ2n) is 5.18. The van der Waals surface area contributed by atoms with Gasteiger partial charge in [0.05, 0.1) is 11.4 Å². The third-order valence-corrected chi connectivity index (χ3v) is 3.31. The van der Waals surface area contributed by atoms with E-state index < -0.39 is 11.9 Å². The molecule has 2 rings (SSSR count). The Labute approximate surface area is 138 Å². The van der Waals surface area contributed by atoms with Crippen molar-refractivity contribution in [3.05, 3.63) is 42.2 Å². The van der Waals surface area contributed by atoms with Crippen molar-refractivity contribution in [1.82, 2.24) is 9.78 Å². The summed E-state index contributed by atoms with van der Waals surface area (Å²) < 4.78 is 1.46. The number of carboxylic acid groups (broad SMARTS) is 1. The number of rotatable bonds is 8. The average molecular weight is 330 g/mol. The SMILES string of the molecule is NC(=O)c1ccn(-c2ccccc2NC(=O)CCCCC(=O)O)n1. The normalized spacial score (nSPS) is 10.3. The first kappa shape index (κ1) is 17.2. The highest BCUT2D eigenvalue weighted by atomic mass is 16.4. The van der Waals surface area contributed by atoms with E-state index in [0.29, 0.717) is 24.2 Å². The van der Waals surface area contributed by atoms with E-state index in [1.807, 2.05) is 0 Å². The number of hydrogen-bond donors (Lipinski definition) is 3. The number of unbranched alkanes of at least 4 members (excludes halogenated alkanes) is 1. The lowest BCUT2D eigenvalue weighted by atomic mass is 10.2. The quantitative estimate of drug-likeness (QED) is 0.633. The number of carbonyl (C=O) groups is 3. The Morgan fingerprint density at radius 3 is 2.50 bits per heavy atom. The highest BCUT2D eigenvalue weighted by molar-refractivity contribution is 5.93. The number of carbonyl (C=O) groups excluding carboxylic acids is 2. The molecule has 0 spiro atoms. The lowest BCUT2D eigenvalue weighted by Crippen LogP contribution is -2.14. The number of nitrogens with zero attached hydrogens (tertiary/aromatic N) is 2. The van der Waals surface area contributed by atoms with Gasteiger partial charge in [-0.2, -0.15) is 5.10 Å². The van der Waals surface area contributed by atoms with Crippen LogP contribution >= 0.6 is 0 Å². The molecule has 0 aliphatic carbocycles. The summed E-state index contributed by atoms with van der Waals surface area (Å²) in [6.45, 7) is 0. The van der Waals surface area contributed by atoms with Crippen molar-refractivity contribution in [2.45, 2.75) is 25.7 Å². The number of hydrogen-bond acceptors (Lipinski definition) is 4. The number of para-hydroxylation sites is 2. The minimum absolute atomic E-state index is 0.0487. The third kappa shape index (κ3) is 4.67. The topological polar surface area (TPSA) is 127 Å². The molecule has 0 radical (unpaired) electrons. The third-order valence-electron chi connectivity index (χ3n) is 3.31. The monoisotopic (exact) mass is 330 g/mol. The van der Waals surface area contributed by atoms with Crippen LogP contribution in [0.2, 0.25) is 0 Å². The molecule has 2 aromatic rings. The molecule has 8 heteroatoms. The van der Waals surface area contributed by atoms with Crippen LogP contribution in [0.5, 0.6) is 0 Å². The molecule has 0 bridgehead atoms. The largest absolute Gasteiger partial charge is 0.481 e. The van der Waals surface area contributed by atoms with E-state index in [9.17, 15) is 14.4 Å². The molecule has 0 unspecified atom stereocenters. The predicted molar refractivity (Wildman–Crippen MR) is 86.8 cm³/mol. The zero-order valence-electron chi connectivity index (χ0n) is 12.9. The summed E-state index contributed by atoms with van der Waals surface area (Å²) in [6, 6.07) is 8.51. The van der Waals surface area contributed by atoms with Crippen LogP contribution in [0.15, 0.2) is 36.5 Å². The van der Waals surface area contributed by atoms with Crippen molar-refractivity contribution >= 4 is 23.5 Å². The lowest BCUT2D eigenvalue weighted by Gasteiger charge is -2.11. The molecule has 0 aliphatic rings. The molecule has 24 heavy (non-hydrogen) atoms. The Morgan fingerprint density at radius 2 is 1.83 bits per heavy atom. The van der Waals surface area contributed by atoms with Crippen molar-refractivity contribution in [2.75, 3.05) is 5.32 Å². The van der Waals surface area contributed by atoms with Gasteiger partial charge in [0.1, 0.15) is 5.69 Å². The number of primary amides is 1. The fourth-order valence-electron chi connectivity index (χ4n) is 2.14. The van der Waals surface area contributed by atoms with E-state index >= 15 is 0 Å². The Hall–Kier alpha value is -3.16. The van der Waals surface area contributed by atoms with Gasteiger partial charge in [-0.15, -0.1) is 0 Å². The zero-order chi connectivity index (χ0) is 17.5. The Morgan fingerprint density at radius 1 is 1.12 bits per heavy atom. The van der Waals surface area contributed by atoms with Crippen molar-refractivity contribution in [2.24, 2.45) is 5.73 Å². The van der Waals surface area contributed by atoms with Gasteiger partial charge >= 0.3 is 5.97 Å². The molecule has 1 heterocycles. The van der Waals surface area contributed by atoms with E-state index in [2.05, 4.69) is 10.4 Å². The second kappa shape index (κ2) is 7.91. The molecule has 126 valence electrons. The molecular formula is C16H18N4O4. The molecule has 1 aromatic carbocycles. The lowest BCUT2D eigenvalue weighted by molar-refractivity contribution is -0.137. The van der Waals surface area contributed by atoms with Crippen molar-refractivity contribution in [3.8, 4) is 5.69 Å². The molecule has 1 aromatic heterocycles. The molecule has 0 saturated carbocycles. The number of nitrogens with two attached hydrogens (primary N) is 1. The Kier molecular flexibility index (Phi) is 5.67. The number of carboxylic acids is 1. The maximum absolute atomic E-state index is 12.0. The number of benzene rings is 1. The molecule has 0 saturated heterocycles. The van der Waals surface area contributed by atoms with E-state index in [4.69, 9.17) is 10.8 Å². The van der Waals surface area contributed by atoms with Crippen LogP contribution in [0.25, 0.3) is 5.69 Å². The van der Waals surface area contributed by atoms with Gasteiger partial charge in [0.2, 0.25) is 5.91 Å². The Bertz CT molecular complexity index is 754. The van der Waals surface area contributed by atoms with Crippen LogP contribution in [0.1, 0.15) is 36.2 Å². The Balaban J connectivity index is 2.04. The molecule has 0 atom stereocenters. The van der Waals surface area contributed by atoms with Gasteiger partial charge in [-0.1, -0.05) is 12.1 Å². The minimum Gasteiger partial charge on any atom is -0.481 e. The highest BCUT2D eigenvalue weighted by Crippen LogP contribution is 2.20. The van der Waals surface area contributed by atoms with Crippen LogP contribution in [-0.2, 0) is 9.59 Å². The molecule has 0 aliphatic heterocycles. The van der Waals surface area contributed by atoms with E-state index in [1.165, 1.54) is 10.7 Å². The predicted octanol–water partition coefficient (Wildman–Crippen LogP) is 1.55. The summed E-state index contributed by atoms with van der Waals surface area (Å²) >= 11 is 0. The summed E-state index contributed by atoms with van der Waals surface area (Å²) in [5.41, 5.74) is 6.46. The molecule has 4 N–H and O–H groups in total. The van der Waals surface area contributed by atoms with Gasteiger partial charge in [-0.05, 0) is 31.0 Å². The van der Waals surface area contributed by atoms with Crippen LogP contribution < -0.4 is 11.1 Å². The fraction of sp³-hybridized carbons (Fsp3) is 0.250. The van der Waals surface area contributed by atoms with Gasteiger partial charge in [-0.25, -0.2) is 4.68 Å². The number of nitrogens with one attached hydrogen (secondary N) is 1. The van der Waals surface area contributed by atoms with Crippen LogP contribution in [-0.4, -0.2) is 32.7 Å². The van der Waals surface area contributed by atoms with Gasteiger partial charge in [0.15, 0.2) is 0 Å². The second-order valence-corrected chi connectivity index (χ2v) is 5.18. The van der Waals surface area contributed by atoms with Crippen molar-refractivity contribution in [1.29, 1.82) is 0 Å². The number of aromatic nitrogens is 2. The standard InChI is InChI=1S/C16H18N4O4/c17-16(24)12-9-10-20(19-12)13-6-2-1-5-11(13)18-14(21)7-3-4-8-15(22)23/h1-2,5-6,9-10H,3-4,7-8H2,(H2,17,24)(H,18,21)(H,22,23). The minimum atomic E-state index is -0.871. The number of anilines is 1. The summed E-state index contributed by atoms with van der Waals surface area (Å²) in [5.74, 6) is -1.71. The van der Waals surface area contributed by atoms with Gasteiger partial charge in [-0.3, -0.25) is 14.4 Å². The highest BCUT2D eigenvalue weighted by Gasteiger charge is 2.11. The van der Waals surface area contributed by atoms with Gasteiger partial charge in [0, 0.05) is 19.0 Å². The van der Waals surface area contributed by atoms with Crippen LogP contribution in [0, 0.1) is 0 Å². The summed E-state index contributed by atoms with van der Waals surface area (Å²) in [5, 5.41) is 15.4. The molecule has 2 amide bonds. The summed E-state index contributed by atoms with van der Waals surface area (Å²) in [6.07, 6.45) is 2.80. The van der Waals surface area contributed by atoms with E-state index in [0.717, 1.165) is 0 Å². The smallest absolute Gasteiger partial charge is 0.303 e. The summed E-state index contributed by atoms with van der Waals surface area (Å²) in [7, 11) is 0. The summed E-state index contributed by atoms with van der Waals surface area (Å²) in [4.78, 5) is 33.6. The van der Waals surface area contributed by atoms with Crippen molar-refractivity contribution in [3.63, 3.8) is 0 Å². The molecule has 8 nitrogen and oxygen atoms in total. The molecule has 0 fully saturated rings. The first-order valence-corrected chi connectivity index (χ1v) is 7.44. The van der Waals surface area contributed by atoms with Crippen LogP contribution in [0.4, 0.5) is 5.69 Å². The maximum Gasteiger partial charge on any atom is 0.303 e. The van der Waals surface area contributed by atoms with Gasteiger partial charge in [0.25, 0.3) is 5.91 Å². The first-order chi connectivity index (χ1) is 11.5. The average Bonchev–Trinajstić information content (AvgIpc) is 3.02.